The van der Waals surface area contributed by atoms with E-state index in [1.807, 2.05) is 0 Å². The summed E-state index contributed by atoms with van der Waals surface area (Å²) in [7, 11) is 0. The van der Waals surface area contributed by atoms with Crippen LogP contribution in [-0.2, 0) is 4.74 Å². The number of rotatable bonds is 4. The fourth-order valence-electron chi connectivity index (χ4n) is 1.88. The zero-order valence-corrected chi connectivity index (χ0v) is 10.6. The molecule has 0 saturated carbocycles. The molecule has 5 heteroatoms. The molecule has 2 rings (SSSR count). The third-order valence-electron chi connectivity index (χ3n) is 2.83. The lowest BCUT2D eigenvalue weighted by Crippen LogP contribution is -2.27. The Kier molecular flexibility index (Phi) is 3.91. The predicted molar refractivity (Wildman–Crippen MR) is 69.7 cm³/mol. The molecule has 2 heterocycles. The van der Waals surface area contributed by atoms with Crippen LogP contribution in [0.1, 0.15) is 35.0 Å². The minimum absolute atomic E-state index is 0.389. The quantitative estimate of drug-likeness (QED) is 0.639. The summed E-state index contributed by atoms with van der Waals surface area (Å²) in [5, 5.41) is 12.1. The maximum absolute atomic E-state index is 10.8. The summed E-state index contributed by atoms with van der Waals surface area (Å²) < 4.78 is 5.31. The molecule has 0 aliphatic carbocycles. The van der Waals surface area contributed by atoms with Crippen LogP contribution in [0, 0.1) is 5.41 Å². The van der Waals surface area contributed by atoms with Crippen LogP contribution in [0.2, 0.25) is 0 Å². The summed E-state index contributed by atoms with van der Waals surface area (Å²) in [5.74, 6) is 0. The van der Waals surface area contributed by atoms with Crippen molar-refractivity contribution in [3.05, 3.63) is 16.5 Å². The van der Waals surface area contributed by atoms with Gasteiger partial charge in [-0.25, -0.2) is 0 Å². The van der Waals surface area contributed by atoms with Gasteiger partial charge in [0, 0.05) is 30.5 Å². The molecule has 0 spiro atoms. The van der Waals surface area contributed by atoms with Gasteiger partial charge in [-0.15, -0.1) is 11.3 Å². The van der Waals surface area contributed by atoms with E-state index < -0.39 is 0 Å². The topological polar surface area (TPSA) is 62.2 Å². The Morgan fingerprint density at radius 1 is 1.59 bits per heavy atom. The largest absolute Gasteiger partial charge is 0.381 e. The molecule has 1 aliphatic rings. The van der Waals surface area contributed by atoms with Gasteiger partial charge in [-0.1, -0.05) is 0 Å². The third-order valence-corrected chi connectivity index (χ3v) is 3.82. The summed E-state index contributed by atoms with van der Waals surface area (Å²) in [6.45, 7) is 3.30. The van der Waals surface area contributed by atoms with Crippen molar-refractivity contribution in [1.29, 1.82) is 5.41 Å². The summed E-state index contributed by atoms with van der Waals surface area (Å²) in [6, 6.07) is 2.17. The van der Waals surface area contributed by atoms with E-state index in [4.69, 9.17) is 10.1 Å². The molecule has 4 nitrogen and oxygen atoms in total. The number of anilines is 1. The monoisotopic (exact) mass is 252 g/mol. The van der Waals surface area contributed by atoms with Gasteiger partial charge in [-0.05, 0) is 25.8 Å². The number of hydrogen-bond acceptors (Lipinski definition) is 5. The second kappa shape index (κ2) is 5.42. The lowest BCUT2D eigenvalue weighted by molar-refractivity contribution is 0.0905. The highest BCUT2D eigenvalue weighted by atomic mass is 32.1. The Bertz CT molecular complexity index is 422. The van der Waals surface area contributed by atoms with Crippen molar-refractivity contribution < 1.29 is 9.53 Å². The average Bonchev–Trinajstić information content (AvgIpc) is 2.74. The first-order chi connectivity index (χ1) is 8.20. The molecule has 0 bridgehead atoms. The Morgan fingerprint density at radius 2 is 2.29 bits per heavy atom. The van der Waals surface area contributed by atoms with Gasteiger partial charge in [0.1, 0.15) is 0 Å². The Labute approximate surface area is 104 Å². The van der Waals surface area contributed by atoms with Gasteiger partial charge < -0.3 is 15.5 Å². The molecule has 1 fully saturated rings. The predicted octanol–water partition coefficient (Wildman–Crippen LogP) is 2.54. The first-order valence-corrected chi connectivity index (χ1v) is 6.51. The molecule has 92 valence electrons. The second-order valence-corrected chi connectivity index (χ2v) is 5.25. The highest BCUT2D eigenvalue weighted by Gasteiger charge is 2.17. The molecule has 1 aromatic heterocycles. The SMILES string of the molecule is CC(=N)c1cc(C=O)sc1NC1CCOCC1. The number of nitrogens with one attached hydrogen (secondary N) is 2. The van der Waals surface area contributed by atoms with Crippen molar-refractivity contribution in [2.24, 2.45) is 0 Å². The van der Waals surface area contributed by atoms with E-state index in [9.17, 15) is 4.79 Å². The minimum atomic E-state index is 0.389. The zero-order valence-electron chi connectivity index (χ0n) is 9.79. The van der Waals surface area contributed by atoms with Crippen LogP contribution in [0.3, 0.4) is 0 Å². The molecule has 0 aromatic carbocycles. The highest BCUT2D eigenvalue weighted by molar-refractivity contribution is 7.18. The fraction of sp³-hybridized carbons (Fsp3) is 0.500. The molecular weight excluding hydrogens is 236 g/mol. The van der Waals surface area contributed by atoms with Gasteiger partial charge in [-0.3, -0.25) is 4.79 Å². The van der Waals surface area contributed by atoms with E-state index in [0.29, 0.717) is 16.6 Å². The van der Waals surface area contributed by atoms with E-state index >= 15 is 0 Å². The smallest absolute Gasteiger partial charge is 0.160 e. The van der Waals surface area contributed by atoms with Crippen LogP contribution in [0.4, 0.5) is 5.00 Å². The molecule has 17 heavy (non-hydrogen) atoms. The highest BCUT2D eigenvalue weighted by Crippen LogP contribution is 2.29. The van der Waals surface area contributed by atoms with Crippen LogP contribution >= 0.6 is 11.3 Å². The summed E-state index contributed by atoms with van der Waals surface area (Å²) in [6.07, 6.45) is 2.79. The van der Waals surface area contributed by atoms with Crippen molar-refractivity contribution in [1.82, 2.24) is 0 Å². The molecule has 1 aromatic rings. The van der Waals surface area contributed by atoms with Crippen LogP contribution in [-0.4, -0.2) is 31.3 Å². The second-order valence-electron chi connectivity index (χ2n) is 4.17. The minimum Gasteiger partial charge on any atom is -0.381 e. The van der Waals surface area contributed by atoms with E-state index in [0.717, 1.165) is 42.9 Å². The summed E-state index contributed by atoms with van der Waals surface area (Å²) in [5.41, 5.74) is 1.33. The molecular formula is C12H16N2O2S. The van der Waals surface area contributed by atoms with Crippen molar-refractivity contribution in [2.75, 3.05) is 18.5 Å². The number of carbonyl (C=O) groups is 1. The normalized spacial score (nSPS) is 16.8. The number of ether oxygens (including phenoxy) is 1. The van der Waals surface area contributed by atoms with Crippen molar-refractivity contribution in [3.8, 4) is 0 Å². The maximum Gasteiger partial charge on any atom is 0.160 e. The third kappa shape index (κ3) is 2.92. The number of hydrogen-bond donors (Lipinski definition) is 2. The molecule has 0 unspecified atom stereocenters. The molecule has 1 saturated heterocycles. The summed E-state index contributed by atoms with van der Waals surface area (Å²) >= 11 is 1.42. The zero-order chi connectivity index (χ0) is 12.3. The fourth-order valence-corrected chi connectivity index (χ4v) is 2.89. The Morgan fingerprint density at radius 3 is 2.88 bits per heavy atom. The molecule has 2 N–H and O–H groups in total. The van der Waals surface area contributed by atoms with E-state index in [2.05, 4.69) is 5.32 Å². The first-order valence-electron chi connectivity index (χ1n) is 5.69. The average molecular weight is 252 g/mol. The van der Waals surface area contributed by atoms with Gasteiger partial charge in [0.2, 0.25) is 0 Å². The van der Waals surface area contributed by atoms with E-state index in [-0.39, 0.29) is 0 Å². The number of aldehydes is 1. The van der Waals surface area contributed by atoms with Crippen LogP contribution in [0.15, 0.2) is 6.07 Å². The van der Waals surface area contributed by atoms with Crippen LogP contribution in [0.5, 0.6) is 0 Å². The van der Waals surface area contributed by atoms with E-state index in [1.165, 1.54) is 11.3 Å². The van der Waals surface area contributed by atoms with Crippen LogP contribution in [0.25, 0.3) is 0 Å². The Hall–Kier alpha value is -1.20. The van der Waals surface area contributed by atoms with Gasteiger partial charge in [0.15, 0.2) is 6.29 Å². The van der Waals surface area contributed by atoms with Gasteiger partial charge in [0.05, 0.1) is 9.88 Å². The molecule has 0 atom stereocenters. The van der Waals surface area contributed by atoms with Crippen molar-refractivity contribution in [3.63, 3.8) is 0 Å². The standard InChI is InChI=1S/C12H16N2O2S/c1-8(13)11-6-10(7-15)17-12(11)14-9-2-4-16-5-3-9/h6-7,9,13-14H,2-5H2,1H3. The first kappa shape index (κ1) is 12.3. The van der Waals surface area contributed by atoms with Gasteiger partial charge in [0.25, 0.3) is 0 Å². The maximum atomic E-state index is 10.8. The van der Waals surface area contributed by atoms with E-state index in [1.54, 1.807) is 13.0 Å². The summed E-state index contributed by atoms with van der Waals surface area (Å²) in [4.78, 5) is 11.4. The van der Waals surface area contributed by atoms with Gasteiger partial charge >= 0.3 is 0 Å². The van der Waals surface area contributed by atoms with Gasteiger partial charge in [-0.2, -0.15) is 0 Å². The van der Waals surface area contributed by atoms with Crippen molar-refractivity contribution >= 4 is 28.3 Å². The molecule has 0 radical (unpaired) electrons. The lowest BCUT2D eigenvalue weighted by Gasteiger charge is -2.23. The van der Waals surface area contributed by atoms with Crippen molar-refractivity contribution in [2.45, 2.75) is 25.8 Å². The Balaban J connectivity index is 2.15. The lowest BCUT2D eigenvalue weighted by atomic mass is 10.1. The number of carbonyl (C=O) groups excluding carboxylic acids is 1. The molecule has 1 aliphatic heterocycles. The van der Waals surface area contributed by atoms with Crippen LogP contribution < -0.4 is 5.32 Å². The number of thiophene rings is 1. The molecule has 0 amide bonds.